The van der Waals surface area contributed by atoms with Gasteiger partial charge in [-0.15, -0.1) is 0 Å². The summed E-state index contributed by atoms with van der Waals surface area (Å²) >= 11 is 0. The van der Waals surface area contributed by atoms with Gasteiger partial charge in [-0.25, -0.2) is 0 Å². The summed E-state index contributed by atoms with van der Waals surface area (Å²) in [4.78, 5) is 38.5. The lowest BCUT2D eigenvalue weighted by atomic mass is 10.0. The van der Waals surface area contributed by atoms with Crippen LogP contribution in [0.4, 0.5) is 0 Å². The van der Waals surface area contributed by atoms with Crippen molar-refractivity contribution in [3.8, 4) is 0 Å². The first-order valence-electron chi connectivity index (χ1n) is 35.4. The van der Waals surface area contributed by atoms with Crippen molar-refractivity contribution in [3.63, 3.8) is 0 Å². The molecule has 0 aliphatic heterocycles. The van der Waals surface area contributed by atoms with Crippen LogP contribution in [0.5, 0.6) is 0 Å². The Bertz CT molecular complexity index is 1660. The second-order valence-electron chi connectivity index (χ2n) is 23.4. The second-order valence-corrected chi connectivity index (χ2v) is 23.4. The van der Waals surface area contributed by atoms with Gasteiger partial charge in [-0.1, -0.05) is 304 Å². The molecule has 0 amide bonds. The number of carbonyl (C=O) groups excluding carboxylic acids is 3. The first-order chi connectivity index (χ1) is 41.0. The zero-order valence-electron chi connectivity index (χ0n) is 54.7. The van der Waals surface area contributed by atoms with Gasteiger partial charge in [-0.3, -0.25) is 14.4 Å². The maximum atomic E-state index is 13.0. The van der Waals surface area contributed by atoms with E-state index in [0.717, 1.165) is 109 Å². The van der Waals surface area contributed by atoms with Crippen LogP contribution in [0.2, 0.25) is 0 Å². The van der Waals surface area contributed by atoms with Gasteiger partial charge in [0.05, 0.1) is 0 Å². The number of hydrogen-bond donors (Lipinski definition) is 0. The lowest BCUT2D eigenvalue weighted by Gasteiger charge is -2.18. The van der Waals surface area contributed by atoms with E-state index in [1.165, 1.54) is 193 Å². The van der Waals surface area contributed by atoms with E-state index < -0.39 is 6.10 Å². The highest BCUT2D eigenvalue weighted by molar-refractivity contribution is 5.71. The summed E-state index contributed by atoms with van der Waals surface area (Å²) in [5.41, 5.74) is 0. The average molecular weight is 1150 g/mol. The van der Waals surface area contributed by atoms with E-state index >= 15 is 0 Å². The summed E-state index contributed by atoms with van der Waals surface area (Å²) in [5.74, 6) is -0.916. The molecule has 0 aliphatic carbocycles. The molecule has 0 N–H and O–H groups in total. The number of esters is 3. The molecule has 0 heterocycles. The van der Waals surface area contributed by atoms with Crippen LogP contribution >= 0.6 is 0 Å². The number of carbonyl (C=O) groups is 3. The Balaban J connectivity index is 4.43. The molecule has 0 aromatic rings. The number of unbranched alkanes of at least 4 members (excludes halogenated alkanes) is 35. The van der Waals surface area contributed by atoms with Crippen molar-refractivity contribution in [1.82, 2.24) is 0 Å². The summed E-state index contributed by atoms with van der Waals surface area (Å²) in [5, 5.41) is 0. The third-order valence-electron chi connectivity index (χ3n) is 15.2. The molecule has 0 aromatic carbocycles. The van der Waals surface area contributed by atoms with Crippen molar-refractivity contribution in [2.24, 2.45) is 0 Å². The maximum Gasteiger partial charge on any atom is 0.306 e. The normalized spacial score (nSPS) is 12.8. The van der Waals surface area contributed by atoms with Crippen LogP contribution in [0.3, 0.4) is 0 Å². The first kappa shape index (κ1) is 79.1. The third-order valence-corrected chi connectivity index (χ3v) is 15.2. The van der Waals surface area contributed by atoms with E-state index in [1.807, 2.05) is 0 Å². The fourth-order valence-electron chi connectivity index (χ4n) is 9.94. The monoisotopic (exact) mass is 1150 g/mol. The Hall–Kier alpha value is -3.93. The molecule has 476 valence electrons. The van der Waals surface area contributed by atoms with Gasteiger partial charge in [-0.2, -0.15) is 0 Å². The van der Waals surface area contributed by atoms with Gasteiger partial charge in [0.15, 0.2) is 6.10 Å². The molecule has 0 bridgehead atoms. The maximum absolute atomic E-state index is 13.0. The molecule has 0 aliphatic rings. The zero-order chi connectivity index (χ0) is 59.9. The van der Waals surface area contributed by atoms with E-state index in [0.29, 0.717) is 19.3 Å². The predicted octanol–water partition coefficient (Wildman–Crippen LogP) is 24.6. The summed E-state index contributed by atoms with van der Waals surface area (Å²) in [6.07, 6.45) is 96.8. The minimum Gasteiger partial charge on any atom is -0.462 e. The van der Waals surface area contributed by atoms with Crippen molar-refractivity contribution in [3.05, 3.63) is 109 Å². The highest BCUT2D eigenvalue weighted by Crippen LogP contribution is 2.17. The van der Waals surface area contributed by atoms with Crippen molar-refractivity contribution >= 4 is 17.9 Å². The fraction of sp³-hybridized carbons (Fsp3) is 0.727. The smallest absolute Gasteiger partial charge is 0.306 e. The Morgan fingerprint density at radius 2 is 0.470 bits per heavy atom. The summed E-state index contributed by atoms with van der Waals surface area (Å²) < 4.78 is 17.0. The molecule has 0 saturated carbocycles. The topological polar surface area (TPSA) is 78.9 Å². The van der Waals surface area contributed by atoms with E-state index in [1.54, 1.807) is 0 Å². The predicted molar refractivity (Wildman–Crippen MR) is 362 cm³/mol. The fourth-order valence-corrected chi connectivity index (χ4v) is 9.94. The molecule has 0 spiro atoms. The van der Waals surface area contributed by atoms with E-state index in [-0.39, 0.29) is 31.1 Å². The molecule has 0 radical (unpaired) electrons. The van der Waals surface area contributed by atoms with Gasteiger partial charge in [0.2, 0.25) is 0 Å². The molecule has 0 rings (SSSR count). The summed E-state index contributed by atoms with van der Waals surface area (Å²) in [7, 11) is 0. The van der Waals surface area contributed by atoms with E-state index in [2.05, 4.69) is 130 Å². The Morgan fingerprint density at radius 3 is 0.759 bits per heavy atom. The number of allylic oxidation sites excluding steroid dienone is 18. The van der Waals surface area contributed by atoms with Gasteiger partial charge in [-0.05, 0) is 128 Å². The molecule has 1 unspecified atom stereocenters. The van der Waals surface area contributed by atoms with Gasteiger partial charge in [0.1, 0.15) is 13.2 Å². The standard InChI is InChI=1S/C77H132O6/c1-4-7-10-13-16-19-22-25-28-31-33-35-37-38-40-41-43-46-49-52-55-58-61-64-67-70-76(79)82-73-74(72-81-75(78)69-66-63-60-57-54-51-48-45-30-27-24-21-18-15-12-9-6-3)83-77(80)71-68-65-62-59-56-53-50-47-44-42-39-36-34-32-29-26-23-20-17-14-11-8-5-2/h7,10,16,19,25,27-28,30,32-35,38,40,43,46,52,55,74H,4-6,8-9,11-15,17-18,20-24,26,29,31,36-37,39,41-42,44-45,47-51,53-54,56-73H2,1-3H3/b10-7-,19-16-,28-25-,30-27-,34-32-,35-33-,40-38-,46-43-,55-52-. The molecule has 1 atom stereocenters. The molecule has 6 nitrogen and oxygen atoms in total. The highest BCUT2D eigenvalue weighted by atomic mass is 16.6. The van der Waals surface area contributed by atoms with Crippen LogP contribution < -0.4 is 0 Å². The van der Waals surface area contributed by atoms with E-state index in [9.17, 15) is 14.4 Å². The Labute approximate surface area is 514 Å². The van der Waals surface area contributed by atoms with Crippen molar-refractivity contribution in [1.29, 1.82) is 0 Å². The van der Waals surface area contributed by atoms with Crippen LogP contribution in [0.1, 0.15) is 342 Å². The number of hydrogen-bond acceptors (Lipinski definition) is 6. The first-order valence-corrected chi connectivity index (χ1v) is 35.4. The molecule has 0 saturated heterocycles. The van der Waals surface area contributed by atoms with Crippen molar-refractivity contribution in [2.75, 3.05) is 13.2 Å². The molecular weight excluding hydrogens is 1020 g/mol. The van der Waals surface area contributed by atoms with E-state index in [4.69, 9.17) is 14.2 Å². The summed E-state index contributed by atoms with van der Waals surface area (Å²) in [6, 6.07) is 0. The molecule has 83 heavy (non-hydrogen) atoms. The van der Waals surface area contributed by atoms with Crippen LogP contribution in [-0.4, -0.2) is 37.2 Å². The largest absolute Gasteiger partial charge is 0.462 e. The van der Waals surface area contributed by atoms with Gasteiger partial charge >= 0.3 is 17.9 Å². The lowest BCUT2D eigenvalue weighted by molar-refractivity contribution is -0.167. The van der Waals surface area contributed by atoms with Gasteiger partial charge in [0, 0.05) is 19.3 Å². The molecule has 0 fully saturated rings. The van der Waals surface area contributed by atoms with Gasteiger partial charge < -0.3 is 14.2 Å². The number of ether oxygens (including phenoxy) is 3. The number of rotatable bonds is 64. The van der Waals surface area contributed by atoms with Crippen LogP contribution in [-0.2, 0) is 28.6 Å². The zero-order valence-corrected chi connectivity index (χ0v) is 54.7. The highest BCUT2D eigenvalue weighted by Gasteiger charge is 2.19. The average Bonchev–Trinajstić information content (AvgIpc) is 3.49. The van der Waals surface area contributed by atoms with Gasteiger partial charge in [0.25, 0.3) is 0 Å². The minimum absolute atomic E-state index is 0.0907. The van der Waals surface area contributed by atoms with Crippen molar-refractivity contribution in [2.45, 2.75) is 348 Å². The Morgan fingerprint density at radius 1 is 0.253 bits per heavy atom. The lowest BCUT2D eigenvalue weighted by Crippen LogP contribution is -2.30. The molecule has 0 aromatic heterocycles. The molecular formula is C77H132O6. The third kappa shape index (κ3) is 68.7. The molecule has 6 heteroatoms. The summed E-state index contributed by atoms with van der Waals surface area (Å²) in [6.45, 7) is 6.53. The second kappa shape index (κ2) is 70.6. The minimum atomic E-state index is -0.798. The quantitative estimate of drug-likeness (QED) is 0.0261. The SMILES string of the molecule is CC/C=C\C/C=C\C/C=C\C/C=C\C/C=C\C/C=C\C/C=C\CCCCCC(=O)OCC(COC(=O)CCCCCCCCC/C=C\CCCCCCCC)OC(=O)CCCCCCCCCCCCC/C=C\CCCCCCCCCC. The van der Waals surface area contributed by atoms with Crippen molar-refractivity contribution < 1.29 is 28.6 Å². The van der Waals surface area contributed by atoms with Crippen LogP contribution in [0.25, 0.3) is 0 Å². The Kier molecular flexibility index (Phi) is 67.2. The van der Waals surface area contributed by atoms with Crippen LogP contribution in [0.15, 0.2) is 109 Å². The van der Waals surface area contributed by atoms with Crippen LogP contribution in [0, 0.1) is 0 Å².